The van der Waals surface area contributed by atoms with Crippen LogP contribution in [0.5, 0.6) is 5.75 Å². The Morgan fingerprint density at radius 1 is 1.25 bits per heavy atom. The number of nitrogens with one attached hydrogen (secondary N) is 2. The number of nitrogens with zero attached hydrogens (tertiary/aromatic N) is 1. The minimum Gasteiger partial charge on any atom is -0.506 e. The van der Waals surface area contributed by atoms with Gasteiger partial charge in [0.15, 0.2) is 6.23 Å². The first-order chi connectivity index (χ1) is 15.3. The molecule has 1 unspecified atom stereocenters. The number of aromatic hydroxyl groups is 1. The smallest absolute Gasteiger partial charge is 0.303 e. The number of carbonyl (C=O) groups excluding carboxylic acids is 1. The molecule has 0 bridgehead atoms. The maximum absolute atomic E-state index is 12.3. The number of nitrogens with two attached hydrogens (primary N) is 1. The molecular formula is C23H22N4O5. The van der Waals surface area contributed by atoms with Crippen molar-refractivity contribution in [1.82, 2.24) is 4.98 Å². The molecule has 0 saturated carbocycles. The Bertz CT molecular complexity index is 1240. The summed E-state index contributed by atoms with van der Waals surface area (Å²) >= 11 is 0. The van der Waals surface area contributed by atoms with Crippen LogP contribution in [-0.2, 0) is 9.59 Å². The van der Waals surface area contributed by atoms with Crippen molar-refractivity contribution >= 4 is 45.8 Å². The van der Waals surface area contributed by atoms with Gasteiger partial charge in [-0.15, -0.1) is 0 Å². The summed E-state index contributed by atoms with van der Waals surface area (Å²) < 4.78 is 0. The van der Waals surface area contributed by atoms with Crippen LogP contribution >= 0.6 is 0 Å². The van der Waals surface area contributed by atoms with Crippen LogP contribution in [0.2, 0.25) is 0 Å². The predicted octanol–water partition coefficient (Wildman–Crippen LogP) is 2.36. The lowest BCUT2D eigenvalue weighted by atomic mass is 10.00. The molecule has 4 rings (SSSR count). The number of carboxylic acid groups (broad SMARTS) is 1. The Kier molecular flexibility index (Phi) is 5.76. The third-order valence-corrected chi connectivity index (χ3v) is 5.28. The molecule has 0 radical (unpaired) electrons. The number of pyridine rings is 1. The van der Waals surface area contributed by atoms with Crippen molar-refractivity contribution in [3.8, 4) is 5.75 Å². The number of fused-ring (bicyclic) bond motifs is 2. The zero-order valence-electron chi connectivity index (χ0n) is 16.9. The number of aliphatic carboxylic acids is 1. The van der Waals surface area contributed by atoms with Crippen LogP contribution in [0.25, 0.3) is 22.6 Å². The number of carboxylic acids is 1. The zero-order chi connectivity index (χ0) is 22.8. The first-order valence-corrected chi connectivity index (χ1v) is 9.99. The zero-order valence-corrected chi connectivity index (χ0v) is 16.9. The fourth-order valence-corrected chi connectivity index (χ4v) is 3.63. The van der Waals surface area contributed by atoms with Crippen LogP contribution in [-0.4, -0.2) is 44.4 Å². The second-order valence-corrected chi connectivity index (χ2v) is 7.51. The number of phenols is 1. The van der Waals surface area contributed by atoms with Gasteiger partial charge in [-0.05, 0) is 48.4 Å². The summed E-state index contributed by atoms with van der Waals surface area (Å²) in [6, 6.07) is 11.1. The van der Waals surface area contributed by atoms with Gasteiger partial charge >= 0.3 is 5.97 Å². The molecule has 2 atom stereocenters. The summed E-state index contributed by atoms with van der Waals surface area (Å²) in [5.74, 6) is -1.44. The van der Waals surface area contributed by atoms with Crippen molar-refractivity contribution in [3.63, 3.8) is 0 Å². The van der Waals surface area contributed by atoms with Crippen LogP contribution in [0.3, 0.4) is 0 Å². The lowest BCUT2D eigenvalue weighted by Crippen LogP contribution is -2.36. The highest BCUT2D eigenvalue weighted by atomic mass is 16.4. The van der Waals surface area contributed by atoms with E-state index in [0.717, 1.165) is 10.9 Å². The molecule has 0 aliphatic carbocycles. The third-order valence-electron chi connectivity index (χ3n) is 5.28. The fourth-order valence-electron chi connectivity index (χ4n) is 3.63. The summed E-state index contributed by atoms with van der Waals surface area (Å²) in [6.07, 6.45) is 2.26. The van der Waals surface area contributed by atoms with Gasteiger partial charge < -0.3 is 31.7 Å². The number of hydrogen-bond acceptors (Lipinski definition) is 7. The number of rotatable bonds is 6. The molecule has 32 heavy (non-hydrogen) atoms. The number of benzene rings is 2. The quantitative estimate of drug-likeness (QED) is 0.345. The van der Waals surface area contributed by atoms with Gasteiger partial charge in [-0.3, -0.25) is 14.6 Å². The van der Waals surface area contributed by atoms with E-state index in [4.69, 9.17) is 10.8 Å². The Balaban J connectivity index is 1.64. The van der Waals surface area contributed by atoms with Gasteiger partial charge in [-0.1, -0.05) is 12.1 Å². The van der Waals surface area contributed by atoms with Crippen molar-refractivity contribution in [3.05, 3.63) is 59.8 Å². The van der Waals surface area contributed by atoms with E-state index in [0.29, 0.717) is 28.0 Å². The second-order valence-electron chi connectivity index (χ2n) is 7.51. The molecule has 2 heterocycles. The van der Waals surface area contributed by atoms with Gasteiger partial charge in [0, 0.05) is 40.5 Å². The van der Waals surface area contributed by atoms with Crippen LogP contribution in [0.1, 0.15) is 24.0 Å². The SMILES string of the molecule is N[C@@H](CCC(=O)O)C(=O)Nc1ccc2c(c1)C(=Cc1ccc(O)c3ncccc13)C(O)N2. The summed E-state index contributed by atoms with van der Waals surface area (Å²) in [7, 11) is 0. The van der Waals surface area contributed by atoms with Crippen molar-refractivity contribution in [2.75, 3.05) is 10.6 Å². The largest absolute Gasteiger partial charge is 0.506 e. The van der Waals surface area contributed by atoms with Crippen LogP contribution in [0, 0.1) is 0 Å². The summed E-state index contributed by atoms with van der Waals surface area (Å²) in [6.45, 7) is 0. The van der Waals surface area contributed by atoms with Gasteiger partial charge in [-0.25, -0.2) is 0 Å². The molecule has 9 heteroatoms. The molecule has 2 aromatic carbocycles. The molecule has 1 amide bonds. The first-order valence-electron chi connectivity index (χ1n) is 9.99. The van der Waals surface area contributed by atoms with Crippen molar-refractivity contribution in [2.24, 2.45) is 5.73 Å². The highest BCUT2D eigenvalue weighted by Crippen LogP contribution is 2.38. The Morgan fingerprint density at radius 2 is 2.06 bits per heavy atom. The van der Waals surface area contributed by atoms with E-state index >= 15 is 0 Å². The lowest BCUT2D eigenvalue weighted by molar-refractivity contribution is -0.137. The van der Waals surface area contributed by atoms with E-state index in [2.05, 4.69) is 15.6 Å². The Labute approximate surface area is 183 Å². The number of amides is 1. The average molecular weight is 434 g/mol. The molecule has 164 valence electrons. The van der Waals surface area contributed by atoms with Crippen LogP contribution in [0.4, 0.5) is 11.4 Å². The molecule has 1 aliphatic rings. The molecule has 0 saturated heterocycles. The van der Waals surface area contributed by atoms with Crippen LogP contribution in [0.15, 0.2) is 48.7 Å². The number of anilines is 2. The maximum Gasteiger partial charge on any atom is 0.303 e. The van der Waals surface area contributed by atoms with Gasteiger partial charge in [0.05, 0.1) is 6.04 Å². The Morgan fingerprint density at radius 3 is 2.84 bits per heavy atom. The minimum atomic E-state index is -1.02. The Hall–Kier alpha value is -3.95. The molecule has 0 spiro atoms. The van der Waals surface area contributed by atoms with E-state index in [1.54, 1.807) is 48.7 Å². The summed E-state index contributed by atoms with van der Waals surface area (Å²) in [5.41, 5.74) is 9.44. The lowest BCUT2D eigenvalue weighted by Gasteiger charge is -2.12. The number of carbonyl (C=O) groups is 2. The number of aromatic nitrogens is 1. The van der Waals surface area contributed by atoms with Crippen molar-refractivity contribution < 1.29 is 24.9 Å². The van der Waals surface area contributed by atoms with Crippen molar-refractivity contribution in [1.29, 1.82) is 0 Å². The van der Waals surface area contributed by atoms with E-state index in [-0.39, 0.29) is 18.6 Å². The molecule has 7 N–H and O–H groups in total. The third kappa shape index (κ3) is 4.25. The minimum absolute atomic E-state index is 0.0273. The summed E-state index contributed by atoms with van der Waals surface area (Å²) in [4.78, 5) is 27.2. The maximum atomic E-state index is 12.3. The number of phenolic OH excluding ortho intramolecular Hbond substituents is 1. The topological polar surface area (TPSA) is 158 Å². The van der Waals surface area contributed by atoms with Crippen LogP contribution < -0.4 is 16.4 Å². The highest BCUT2D eigenvalue weighted by Gasteiger charge is 2.25. The normalized spacial score (nSPS) is 17.1. The van der Waals surface area contributed by atoms with E-state index in [9.17, 15) is 19.8 Å². The first kappa shape index (κ1) is 21.3. The molecule has 1 aromatic heterocycles. The van der Waals surface area contributed by atoms with Gasteiger partial charge in [0.2, 0.25) is 5.91 Å². The number of aliphatic hydroxyl groups excluding tert-OH is 1. The molecule has 0 fully saturated rings. The average Bonchev–Trinajstić information content (AvgIpc) is 3.08. The number of hydrogen-bond donors (Lipinski definition) is 6. The molecule has 1 aliphatic heterocycles. The predicted molar refractivity (Wildman–Crippen MR) is 121 cm³/mol. The second kappa shape index (κ2) is 8.66. The van der Waals surface area contributed by atoms with Gasteiger partial charge in [-0.2, -0.15) is 0 Å². The summed E-state index contributed by atoms with van der Waals surface area (Å²) in [5, 5.41) is 35.8. The molecular weight excluding hydrogens is 412 g/mol. The highest BCUT2D eigenvalue weighted by molar-refractivity contribution is 6.02. The fraction of sp³-hybridized carbons (Fsp3) is 0.174. The van der Waals surface area contributed by atoms with Gasteiger partial charge in [0.1, 0.15) is 11.3 Å². The monoisotopic (exact) mass is 434 g/mol. The van der Waals surface area contributed by atoms with E-state index in [1.807, 2.05) is 6.07 Å². The van der Waals surface area contributed by atoms with Gasteiger partial charge in [0.25, 0.3) is 0 Å². The molecule has 9 nitrogen and oxygen atoms in total. The molecule has 3 aromatic rings. The number of aliphatic hydroxyl groups is 1. The van der Waals surface area contributed by atoms with Crippen molar-refractivity contribution in [2.45, 2.75) is 25.1 Å². The standard InChI is InChI=1S/C23H22N4O5/c24-17(5-8-20(29)30)23(32)26-13-4-6-18-15(11-13)16(22(31)27-18)10-12-3-7-19(28)21-14(12)2-1-9-25-21/h1-4,6-7,9-11,17,22,27-28,31H,5,8,24H2,(H,26,32)(H,29,30)/t17-,22?/m0/s1. The van der Waals surface area contributed by atoms with E-state index < -0.39 is 24.1 Å². The van der Waals surface area contributed by atoms with E-state index in [1.165, 1.54) is 0 Å².